The highest BCUT2D eigenvalue weighted by atomic mass is 16.4. The minimum atomic E-state index is -1.17. The van der Waals surface area contributed by atoms with Crippen molar-refractivity contribution in [1.29, 1.82) is 0 Å². The van der Waals surface area contributed by atoms with Gasteiger partial charge >= 0.3 is 0 Å². The molecule has 1 fully saturated rings. The third kappa shape index (κ3) is 1.43. The lowest BCUT2D eigenvalue weighted by atomic mass is 9.59. The first kappa shape index (κ1) is 11.5. The molecule has 92 valence electrons. The van der Waals surface area contributed by atoms with E-state index in [0.29, 0.717) is 12.8 Å². The van der Waals surface area contributed by atoms with Crippen LogP contribution in [0.1, 0.15) is 24.0 Å². The van der Waals surface area contributed by atoms with E-state index in [4.69, 9.17) is 0 Å². The summed E-state index contributed by atoms with van der Waals surface area (Å²) in [5.74, 6) is 0. The molecule has 0 radical (unpaired) electrons. The van der Waals surface area contributed by atoms with Crippen LogP contribution in [0.25, 0.3) is 0 Å². The minimum absolute atomic E-state index is 0.586. The monoisotopic (exact) mass is 240 g/mol. The molecule has 1 aliphatic rings. The summed E-state index contributed by atoms with van der Waals surface area (Å²) >= 11 is 0. The van der Waals surface area contributed by atoms with E-state index in [9.17, 15) is 10.2 Å². The Morgan fingerprint density at radius 1 is 0.611 bits per heavy atom. The SMILES string of the molecule is OC1(c2ccccc2)CCC1(O)c1ccccc1. The van der Waals surface area contributed by atoms with Crippen molar-refractivity contribution in [3.8, 4) is 0 Å². The van der Waals surface area contributed by atoms with Gasteiger partial charge in [0, 0.05) is 0 Å². The molecule has 0 heterocycles. The maximum atomic E-state index is 10.8. The summed E-state index contributed by atoms with van der Waals surface area (Å²) in [5, 5.41) is 21.6. The molecule has 2 N–H and O–H groups in total. The highest BCUT2D eigenvalue weighted by molar-refractivity contribution is 5.37. The van der Waals surface area contributed by atoms with Gasteiger partial charge in [-0.3, -0.25) is 0 Å². The van der Waals surface area contributed by atoms with Crippen molar-refractivity contribution in [2.75, 3.05) is 0 Å². The Labute approximate surface area is 107 Å². The predicted molar refractivity (Wildman–Crippen MR) is 69.9 cm³/mol. The lowest BCUT2D eigenvalue weighted by molar-refractivity contribution is -0.237. The summed E-state index contributed by atoms with van der Waals surface area (Å²) in [6, 6.07) is 18.8. The van der Waals surface area contributed by atoms with Crippen molar-refractivity contribution in [3.63, 3.8) is 0 Å². The van der Waals surface area contributed by atoms with Gasteiger partial charge < -0.3 is 10.2 Å². The molecule has 2 unspecified atom stereocenters. The Bertz CT molecular complexity index is 486. The van der Waals surface area contributed by atoms with Crippen LogP contribution in [0.15, 0.2) is 60.7 Å². The largest absolute Gasteiger partial charge is 0.382 e. The molecule has 2 aromatic carbocycles. The molecule has 2 aromatic rings. The zero-order chi connectivity index (χ0) is 12.6. The molecule has 18 heavy (non-hydrogen) atoms. The van der Waals surface area contributed by atoms with Crippen molar-refractivity contribution in [3.05, 3.63) is 71.8 Å². The van der Waals surface area contributed by atoms with Crippen molar-refractivity contribution in [1.82, 2.24) is 0 Å². The molecule has 2 heteroatoms. The summed E-state index contributed by atoms with van der Waals surface area (Å²) in [4.78, 5) is 0. The van der Waals surface area contributed by atoms with E-state index in [2.05, 4.69) is 0 Å². The van der Waals surface area contributed by atoms with E-state index >= 15 is 0 Å². The minimum Gasteiger partial charge on any atom is -0.382 e. The highest BCUT2D eigenvalue weighted by Gasteiger charge is 2.59. The quantitative estimate of drug-likeness (QED) is 0.847. The van der Waals surface area contributed by atoms with E-state index in [0.717, 1.165) is 11.1 Å². The van der Waals surface area contributed by atoms with Gasteiger partial charge in [-0.1, -0.05) is 60.7 Å². The fraction of sp³-hybridized carbons (Fsp3) is 0.250. The lowest BCUT2D eigenvalue weighted by Crippen LogP contribution is -2.58. The number of aliphatic hydroxyl groups is 2. The Kier molecular flexibility index (Phi) is 2.51. The average Bonchev–Trinajstić information content (AvgIpc) is 2.46. The Morgan fingerprint density at radius 2 is 0.944 bits per heavy atom. The van der Waals surface area contributed by atoms with Crippen LogP contribution in [0.2, 0.25) is 0 Å². The van der Waals surface area contributed by atoms with E-state index in [1.807, 2.05) is 60.7 Å². The molecule has 0 aromatic heterocycles. The van der Waals surface area contributed by atoms with Crippen LogP contribution in [-0.4, -0.2) is 10.2 Å². The summed E-state index contributed by atoms with van der Waals surface area (Å²) in [6.45, 7) is 0. The lowest BCUT2D eigenvalue weighted by Gasteiger charge is -2.53. The number of hydrogen-bond acceptors (Lipinski definition) is 2. The van der Waals surface area contributed by atoms with Gasteiger partial charge in [0.1, 0.15) is 11.2 Å². The van der Waals surface area contributed by atoms with Crippen LogP contribution in [0.3, 0.4) is 0 Å². The molecule has 2 atom stereocenters. The Morgan fingerprint density at radius 3 is 1.22 bits per heavy atom. The van der Waals surface area contributed by atoms with Gasteiger partial charge in [-0.05, 0) is 24.0 Å². The van der Waals surface area contributed by atoms with Gasteiger partial charge in [0.15, 0.2) is 0 Å². The molecule has 0 spiro atoms. The molecule has 0 amide bonds. The van der Waals surface area contributed by atoms with Gasteiger partial charge in [0.05, 0.1) is 0 Å². The first-order valence-corrected chi connectivity index (χ1v) is 6.23. The second-order valence-electron chi connectivity index (χ2n) is 4.95. The average molecular weight is 240 g/mol. The topological polar surface area (TPSA) is 40.5 Å². The van der Waals surface area contributed by atoms with Gasteiger partial charge in [-0.25, -0.2) is 0 Å². The fourth-order valence-corrected chi connectivity index (χ4v) is 2.79. The molecule has 1 saturated carbocycles. The second kappa shape index (κ2) is 3.94. The highest BCUT2D eigenvalue weighted by Crippen LogP contribution is 2.55. The molecular weight excluding hydrogens is 224 g/mol. The maximum Gasteiger partial charge on any atom is 0.122 e. The predicted octanol–water partition coefficient (Wildman–Crippen LogP) is 2.56. The molecule has 1 aliphatic carbocycles. The number of rotatable bonds is 2. The van der Waals surface area contributed by atoms with E-state index in [1.54, 1.807) is 0 Å². The normalized spacial score (nSPS) is 30.8. The van der Waals surface area contributed by atoms with Crippen LogP contribution < -0.4 is 0 Å². The van der Waals surface area contributed by atoms with Gasteiger partial charge in [-0.2, -0.15) is 0 Å². The fourth-order valence-electron chi connectivity index (χ4n) is 2.79. The Balaban J connectivity index is 2.05. The van der Waals surface area contributed by atoms with Crippen molar-refractivity contribution in [2.24, 2.45) is 0 Å². The zero-order valence-corrected chi connectivity index (χ0v) is 10.1. The first-order valence-electron chi connectivity index (χ1n) is 6.23. The molecule has 2 nitrogen and oxygen atoms in total. The number of benzene rings is 2. The number of hydrogen-bond donors (Lipinski definition) is 2. The second-order valence-corrected chi connectivity index (χ2v) is 4.95. The first-order chi connectivity index (χ1) is 8.67. The van der Waals surface area contributed by atoms with E-state index < -0.39 is 11.2 Å². The van der Waals surface area contributed by atoms with Crippen molar-refractivity contribution < 1.29 is 10.2 Å². The molecule has 0 aliphatic heterocycles. The molecule has 0 saturated heterocycles. The summed E-state index contributed by atoms with van der Waals surface area (Å²) in [5.41, 5.74) is -0.782. The molecule has 3 rings (SSSR count). The molecular formula is C16H16O2. The standard InChI is InChI=1S/C16H16O2/c17-15(13-7-3-1-4-8-13)11-12-16(15,18)14-9-5-2-6-10-14/h1-10,17-18H,11-12H2. The van der Waals surface area contributed by atoms with E-state index in [1.165, 1.54) is 0 Å². The summed E-state index contributed by atoms with van der Waals surface area (Å²) in [6.07, 6.45) is 1.17. The third-order valence-electron chi connectivity index (χ3n) is 4.04. The summed E-state index contributed by atoms with van der Waals surface area (Å²) in [7, 11) is 0. The van der Waals surface area contributed by atoms with Gasteiger partial charge in [0.2, 0.25) is 0 Å². The maximum absolute atomic E-state index is 10.8. The third-order valence-corrected chi connectivity index (χ3v) is 4.04. The smallest absolute Gasteiger partial charge is 0.122 e. The molecule has 0 bridgehead atoms. The van der Waals surface area contributed by atoms with Crippen molar-refractivity contribution in [2.45, 2.75) is 24.0 Å². The van der Waals surface area contributed by atoms with E-state index in [-0.39, 0.29) is 0 Å². The van der Waals surface area contributed by atoms with Crippen molar-refractivity contribution >= 4 is 0 Å². The summed E-state index contributed by atoms with van der Waals surface area (Å²) < 4.78 is 0. The van der Waals surface area contributed by atoms with Crippen LogP contribution in [0, 0.1) is 0 Å². The van der Waals surface area contributed by atoms with Crippen LogP contribution in [0.4, 0.5) is 0 Å². The van der Waals surface area contributed by atoms with Crippen LogP contribution >= 0.6 is 0 Å². The van der Waals surface area contributed by atoms with Crippen LogP contribution in [0.5, 0.6) is 0 Å². The van der Waals surface area contributed by atoms with Gasteiger partial charge in [-0.15, -0.1) is 0 Å². The Hall–Kier alpha value is -1.64. The van der Waals surface area contributed by atoms with Gasteiger partial charge in [0.25, 0.3) is 0 Å². The zero-order valence-electron chi connectivity index (χ0n) is 10.1. The van der Waals surface area contributed by atoms with Crippen LogP contribution in [-0.2, 0) is 11.2 Å².